The van der Waals surface area contributed by atoms with Crippen molar-refractivity contribution in [3.05, 3.63) is 65.2 Å². The number of carbonyl (C=O) groups excluding carboxylic acids is 1. The molecular weight excluding hydrogens is 330 g/mol. The summed E-state index contributed by atoms with van der Waals surface area (Å²) < 4.78 is 6.53. The first-order valence-corrected chi connectivity index (χ1v) is 8.42. The Morgan fingerprint density at radius 1 is 1.12 bits per heavy atom. The summed E-state index contributed by atoms with van der Waals surface area (Å²) in [7, 11) is 1.58. The number of anilines is 1. The molecule has 3 rings (SSSR count). The molecule has 0 saturated heterocycles. The van der Waals surface area contributed by atoms with Crippen LogP contribution in [0, 0.1) is 5.92 Å². The van der Waals surface area contributed by atoms with E-state index in [0.29, 0.717) is 22.3 Å². The van der Waals surface area contributed by atoms with Gasteiger partial charge in [-0.15, -0.1) is 0 Å². The lowest BCUT2D eigenvalue weighted by molar-refractivity contribution is -0.120. The number of fused-ring (bicyclic) bond motifs is 1. The summed E-state index contributed by atoms with van der Waals surface area (Å²) in [5.74, 6) is 0.358. The fraction of sp³-hybridized carbons (Fsp3) is 0.250. The molecule has 1 aromatic heterocycles. The van der Waals surface area contributed by atoms with Gasteiger partial charge in [0.2, 0.25) is 5.91 Å². The monoisotopic (exact) mass is 351 g/mol. The first-order valence-electron chi connectivity index (χ1n) is 8.42. The molecule has 6 nitrogen and oxygen atoms in total. The molecule has 0 aliphatic carbocycles. The third-order valence-electron chi connectivity index (χ3n) is 4.25. The maximum Gasteiger partial charge on any atom is 0.261 e. The molecule has 1 N–H and O–H groups in total. The Morgan fingerprint density at radius 3 is 2.46 bits per heavy atom. The van der Waals surface area contributed by atoms with Crippen molar-refractivity contribution < 1.29 is 9.53 Å². The van der Waals surface area contributed by atoms with Gasteiger partial charge in [-0.2, -0.15) is 0 Å². The van der Waals surface area contributed by atoms with Crippen LogP contribution in [0.25, 0.3) is 10.9 Å². The summed E-state index contributed by atoms with van der Waals surface area (Å²) in [6.07, 6.45) is 1.45. The van der Waals surface area contributed by atoms with Gasteiger partial charge in [0.05, 0.1) is 24.3 Å². The fourth-order valence-corrected chi connectivity index (χ4v) is 2.92. The van der Waals surface area contributed by atoms with Crippen molar-refractivity contribution >= 4 is 22.5 Å². The van der Waals surface area contributed by atoms with Gasteiger partial charge in [-0.1, -0.05) is 26.0 Å². The SMILES string of the molecule is COc1ccc(NC(=O)[C@H](C(C)C)n2cnc3ccccc3c2=O)cc1. The Hall–Kier alpha value is -3.15. The molecule has 134 valence electrons. The Labute approximate surface area is 151 Å². The van der Waals surface area contributed by atoms with Crippen molar-refractivity contribution in [2.75, 3.05) is 12.4 Å². The molecule has 0 fully saturated rings. The Balaban J connectivity index is 1.95. The summed E-state index contributed by atoms with van der Waals surface area (Å²) >= 11 is 0. The lowest BCUT2D eigenvalue weighted by Gasteiger charge is -2.22. The smallest absolute Gasteiger partial charge is 0.261 e. The Kier molecular flexibility index (Phi) is 5.02. The average molecular weight is 351 g/mol. The molecule has 0 bridgehead atoms. The topological polar surface area (TPSA) is 73.2 Å². The van der Waals surface area contributed by atoms with Gasteiger partial charge in [0, 0.05) is 5.69 Å². The molecule has 0 aliphatic rings. The predicted molar refractivity (Wildman–Crippen MR) is 102 cm³/mol. The van der Waals surface area contributed by atoms with Crippen LogP contribution in [0.5, 0.6) is 5.75 Å². The van der Waals surface area contributed by atoms with Gasteiger partial charge in [-0.05, 0) is 42.3 Å². The van der Waals surface area contributed by atoms with Crippen LogP contribution in [0.1, 0.15) is 19.9 Å². The van der Waals surface area contributed by atoms with Crippen LogP contribution >= 0.6 is 0 Å². The van der Waals surface area contributed by atoms with Crippen molar-refractivity contribution in [1.29, 1.82) is 0 Å². The molecule has 3 aromatic rings. The number of carbonyl (C=O) groups is 1. The van der Waals surface area contributed by atoms with E-state index < -0.39 is 6.04 Å². The van der Waals surface area contributed by atoms with E-state index in [-0.39, 0.29) is 17.4 Å². The zero-order valence-corrected chi connectivity index (χ0v) is 15.0. The lowest BCUT2D eigenvalue weighted by atomic mass is 10.0. The lowest BCUT2D eigenvalue weighted by Crippen LogP contribution is -2.36. The highest BCUT2D eigenvalue weighted by Gasteiger charge is 2.26. The first kappa shape index (κ1) is 17.7. The van der Waals surface area contributed by atoms with E-state index in [4.69, 9.17) is 4.74 Å². The highest BCUT2D eigenvalue weighted by atomic mass is 16.5. The molecule has 0 radical (unpaired) electrons. The van der Waals surface area contributed by atoms with Crippen LogP contribution in [0.2, 0.25) is 0 Å². The second-order valence-corrected chi connectivity index (χ2v) is 6.38. The number of nitrogens with zero attached hydrogens (tertiary/aromatic N) is 2. The molecule has 0 unspecified atom stereocenters. The van der Waals surface area contributed by atoms with Crippen molar-refractivity contribution in [1.82, 2.24) is 9.55 Å². The number of benzene rings is 2. The molecule has 0 aliphatic heterocycles. The van der Waals surface area contributed by atoms with Crippen molar-refractivity contribution in [3.63, 3.8) is 0 Å². The van der Waals surface area contributed by atoms with Gasteiger partial charge < -0.3 is 10.1 Å². The minimum atomic E-state index is -0.665. The highest BCUT2D eigenvalue weighted by molar-refractivity contribution is 5.94. The van der Waals surface area contributed by atoms with Crippen molar-refractivity contribution in [3.8, 4) is 5.75 Å². The predicted octanol–water partition coefficient (Wildman–Crippen LogP) is 3.24. The minimum Gasteiger partial charge on any atom is -0.497 e. The molecule has 6 heteroatoms. The van der Waals surface area contributed by atoms with Crippen LogP contribution < -0.4 is 15.6 Å². The third kappa shape index (κ3) is 3.44. The molecule has 26 heavy (non-hydrogen) atoms. The van der Waals surface area contributed by atoms with Gasteiger partial charge in [-0.3, -0.25) is 14.2 Å². The summed E-state index contributed by atoms with van der Waals surface area (Å²) in [4.78, 5) is 30.0. The quantitative estimate of drug-likeness (QED) is 0.766. The molecule has 1 atom stereocenters. The summed E-state index contributed by atoms with van der Waals surface area (Å²) in [6.45, 7) is 3.81. The van der Waals surface area contributed by atoms with E-state index >= 15 is 0 Å². The van der Waals surface area contributed by atoms with Crippen LogP contribution in [0.15, 0.2) is 59.7 Å². The Morgan fingerprint density at radius 2 is 1.81 bits per heavy atom. The van der Waals surface area contributed by atoms with Crippen molar-refractivity contribution in [2.45, 2.75) is 19.9 Å². The maximum atomic E-state index is 12.9. The van der Waals surface area contributed by atoms with Crippen LogP contribution in [0.3, 0.4) is 0 Å². The molecule has 0 spiro atoms. The third-order valence-corrected chi connectivity index (χ3v) is 4.25. The number of nitrogens with one attached hydrogen (secondary N) is 1. The van der Waals surface area contributed by atoms with E-state index in [1.807, 2.05) is 19.9 Å². The fourth-order valence-electron chi connectivity index (χ4n) is 2.92. The number of amides is 1. The number of hydrogen-bond donors (Lipinski definition) is 1. The second-order valence-electron chi connectivity index (χ2n) is 6.38. The van der Waals surface area contributed by atoms with Gasteiger partial charge in [0.1, 0.15) is 11.8 Å². The van der Waals surface area contributed by atoms with Gasteiger partial charge in [0.15, 0.2) is 0 Å². The number of hydrogen-bond acceptors (Lipinski definition) is 4. The summed E-state index contributed by atoms with van der Waals surface area (Å²) in [6, 6.07) is 13.5. The minimum absolute atomic E-state index is 0.0890. The second kappa shape index (κ2) is 7.39. The van der Waals surface area contributed by atoms with Crippen LogP contribution in [0.4, 0.5) is 5.69 Å². The van der Waals surface area contributed by atoms with E-state index in [9.17, 15) is 9.59 Å². The zero-order chi connectivity index (χ0) is 18.7. The Bertz CT molecular complexity index is 978. The van der Waals surface area contributed by atoms with E-state index in [1.165, 1.54) is 10.9 Å². The molecular formula is C20H21N3O3. The van der Waals surface area contributed by atoms with Crippen LogP contribution in [-0.2, 0) is 4.79 Å². The average Bonchev–Trinajstić information content (AvgIpc) is 2.64. The zero-order valence-electron chi connectivity index (χ0n) is 15.0. The number of methoxy groups -OCH3 is 1. The maximum absolute atomic E-state index is 12.9. The van der Waals surface area contributed by atoms with Crippen molar-refractivity contribution in [2.24, 2.45) is 5.92 Å². The normalized spacial score (nSPS) is 12.2. The molecule has 1 heterocycles. The number of aromatic nitrogens is 2. The largest absolute Gasteiger partial charge is 0.497 e. The van der Waals surface area contributed by atoms with E-state index in [2.05, 4.69) is 10.3 Å². The van der Waals surface area contributed by atoms with E-state index in [1.54, 1.807) is 49.6 Å². The molecule has 2 aromatic carbocycles. The number of rotatable bonds is 5. The van der Waals surface area contributed by atoms with Crippen LogP contribution in [-0.4, -0.2) is 22.6 Å². The van der Waals surface area contributed by atoms with Gasteiger partial charge >= 0.3 is 0 Å². The number of para-hydroxylation sites is 1. The molecule has 0 saturated carbocycles. The highest BCUT2D eigenvalue weighted by Crippen LogP contribution is 2.21. The standard InChI is InChI=1S/C20H21N3O3/c1-13(2)18(19(24)22-14-8-10-15(26-3)11-9-14)23-12-21-17-7-5-4-6-16(17)20(23)25/h4-13,18H,1-3H3,(H,22,24)/t18-/m0/s1. The molecule has 1 amide bonds. The number of ether oxygens (including phenoxy) is 1. The first-order chi connectivity index (χ1) is 12.5. The summed E-state index contributed by atoms with van der Waals surface area (Å²) in [5.41, 5.74) is 1.04. The van der Waals surface area contributed by atoms with Gasteiger partial charge in [-0.25, -0.2) is 4.98 Å². The van der Waals surface area contributed by atoms with E-state index in [0.717, 1.165) is 0 Å². The van der Waals surface area contributed by atoms with Gasteiger partial charge in [0.25, 0.3) is 5.56 Å². The summed E-state index contributed by atoms with van der Waals surface area (Å²) in [5, 5.41) is 3.36.